The van der Waals surface area contributed by atoms with Crippen molar-refractivity contribution >= 4 is 17.7 Å². The van der Waals surface area contributed by atoms with Gasteiger partial charge in [-0.3, -0.25) is 14.4 Å². The number of carbonyl (C=O) groups is 3. The predicted octanol–water partition coefficient (Wildman–Crippen LogP) is 2.52. The van der Waals surface area contributed by atoms with Crippen molar-refractivity contribution in [2.75, 3.05) is 14.2 Å². The summed E-state index contributed by atoms with van der Waals surface area (Å²) in [6.45, 7) is 2.58. The molecule has 198 valence electrons. The minimum atomic E-state index is -1.12. The number of methoxy groups -OCH3 is 2. The van der Waals surface area contributed by atoms with Gasteiger partial charge in [-0.1, -0.05) is 24.3 Å². The molecule has 0 saturated heterocycles. The molecule has 1 atom stereocenters. The number of nitrogens with zero attached hydrogens (tertiary/aromatic N) is 3. The average molecular weight is 518 g/mol. The fourth-order valence-corrected chi connectivity index (χ4v) is 4.85. The predicted molar refractivity (Wildman–Crippen MR) is 139 cm³/mol. The number of fused-ring (bicyclic) bond motifs is 1. The Balaban J connectivity index is 1.32. The number of hydrogen-bond acceptors (Lipinski definition) is 6. The molecular weight excluding hydrogens is 486 g/mol. The molecule has 0 unspecified atom stereocenters. The van der Waals surface area contributed by atoms with Gasteiger partial charge in [0.2, 0.25) is 5.91 Å². The number of ether oxygens (including phenoxy) is 2. The van der Waals surface area contributed by atoms with Gasteiger partial charge in [-0.25, -0.2) is 4.98 Å². The molecule has 10 nitrogen and oxygen atoms in total. The fraction of sp³-hybridized carbons (Fsp3) is 0.357. The molecule has 1 saturated carbocycles. The van der Waals surface area contributed by atoms with Crippen LogP contribution >= 0.6 is 0 Å². The Kier molecular flexibility index (Phi) is 6.79. The lowest BCUT2D eigenvalue weighted by atomic mass is 9.93. The van der Waals surface area contributed by atoms with Crippen molar-refractivity contribution in [3.8, 4) is 11.5 Å². The van der Waals surface area contributed by atoms with Gasteiger partial charge in [0, 0.05) is 19.1 Å². The van der Waals surface area contributed by atoms with Crippen molar-refractivity contribution in [3.63, 3.8) is 0 Å². The second kappa shape index (κ2) is 10.2. The van der Waals surface area contributed by atoms with Crippen LogP contribution in [0.2, 0.25) is 0 Å². The molecule has 3 amide bonds. The highest BCUT2D eigenvalue weighted by Crippen LogP contribution is 2.39. The van der Waals surface area contributed by atoms with Crippen molar-refractivity contribution in [3.05, 3.63) is 77.4 Å². The largest absolute Gasteiger partial charge is 0.497 e. The van der Waals surface area contributed by atoms with Crippen LogP contribution in [0.25, 0.3) is 0 Å². The van der Waals surface area contributed by atoms with Gasteiger partial charge in [-0.2, -0.15) is 0 Å². The van der Waals surface area contributed by atoms with Crippen molar-refractivity contribution in [1.29, 1.82) is 0 Å². The number of benzene rings is 2. The van der Waals surface area contributed by atoms with Crippen LogP contribution in [-0.2, 0) is 24.4 Å². The van der Waals surface area contributed by atoms with Gasteiger partial charge in [0.05, 0.1) is 27.1 Å². The van der Waals surface area contributed by atoms with E-state index >= 15 is 0 Å². The van der Waals surface area contributed by atoms with Crippen LogP contribution < -0.4 is 20.1 Å². The molecule has 1 aliphatic carbocycles. The summed E-state index contributed by atoms with van der Waals surface area (Å²) >= 11 is 0. The molecule has 2 aromatic carbocycles. The SMILES string of the molecule is COc1ccc(CNC(=O)c2ncn3c2C(=O)N(C2CC2)[C@](C)(C(=O)NCc2ccc(OC)cc2)C3)cc1. The van der Waals surface area contributed by atoms with Gasteiger partial charge in [-0.15, -0.1) is 0 Å². The van der Waals surface area contributed by atoms with Crippen LogP contribution in [0.1, 0.15) is 51.9 Å². The van der Waals surface area contributed by atoms with Crippen LogP contribution in [0.15, 0.2) is 54.9 Å². The van der Waals surface area contributed by atoms with Gasteiger partial charge in [0.25, 0.3) is 11.8 Å². The summed E-state index contributed by atoms with van der Waals surface area (Å²) in [5.41, 5.74) is 0.968. The van der Waals surface area contributed by atoms with Crippen molar-refractivity contribution in [1.82, 2.24) is 25.1 Å². The molecule has 3 aromatic rings. The number of amides is 3. The van der Waals surface area contributed by atoms with E-state index in [2.05, 4.69) is 15.6 Å². The summed E-state index contributed by atoms with van der Waals surface area (Å²) in [6, 6.07) is 14.8. The molecule has 2 N–H and O–H groups in total. The lowest BCUT2D eigenvalue weighted by Crippen LogP contribution is -2.64. The first-order valence-corrected chi connectivity index (χ1v) is 12.5. The highest BCUT2D eigenvalue weighted by atomic mass is 16.5. The van der Waals surface area contributed by atoms with Gasteiger partial charge in [-0.05, 0) is 55.2 Å². The normalized spacial score (nSPS) is 18.5. The third kappa shape index (κ3) is 4.81. The molecule has 2 aliphatic rings. The molecule has 0 spiro atoms. The summed E-state index contributed by atoms with van der Waals surface area (Å²) in [5, 5.41) is 5.84. The number of aromatic nitrogens is 2. The molecule has 0 bridgehead atoms. The first kappa shape index (κ1) is 25.3. The standard InChI is InChI=1S/C28H31N5O5/c1-28(27(36)30-15-19-6-12-22(38-3)13-7-19)16-32-17-31-23(24(32)26(35)33(28)20-8-9-20)25(34)29-14-18-4-10-21(37-2)11-5-18/h4-7,10-13,17,20H,8-9,14-16H2,1-3H3,(H,29,34)(H,30,36)/t28-/m0/s1. The van der Waals surface area contributed by atoms with E-state index in [1.165, 1.54) is 6.33 Å². The highest BCUT2D eigenvalue weighted by molar-refractivity contribution is 6.07. The zero-order valence-electron chi connectivity index (χ0n) is 21.7. The van der Waals surface area contributed by atoms with Gasteiger partial charge >= 0.3 is 0 Å². The molecule has 1 fully saturated rings. The molecule has 5 rings (SSSR count). The zero-order valence-corrected chi connectivity index (χ0v) is 21.7. The van der Waals surface area contributed by atoms with E-state index in [1.54, 1.807) is 30.6 Å². The van der Waals surface area contributed by atoms with Crippen LogP contribution in [-0.4, -0.2) is 58.0 Å². The average Bonchev–Trinajstić information content (AvgIpc) is 3.68. The van der Waals surface area contributed by atoms with Crippen LogP contribution in [0.4, 0.5) is 0 Å². The summed E-state index contributed by atoms with van der Waals surface area (Å²) < 4.78 is 12.0. The van der Waals surface area contributed by atoms with Crippen molar-refractivity contribution in [2.24, 2.45) is 0 Å². The summed E-state index contributed by atoms with van der Waals surface area (Å²) in [7, 11) is 3.20. The van der Waals surface area contributed by atoms with E-state index in [-0.39, 0.29) is 42.3 Å². The number of carbonyl (C=O) groups excluding carboxylic acids is 3. The lowest BCUT2D eigenvalue weighted by molar-refractivity contribution is -0.133. The molecule has 10 heteroatoms. The number of hydrogen-bond donors (Lipinski definition) is 2. The van der Waals surface area contributed by atoms with Crippen LogP contribution in [0.3, 0.4) is 0 Å². The summed E-state index contributed by atoms with van der Waals surface area (Å²) in [4.78, 5) is 46.2. The molecule has 1 aliphatic heterocycles. The molecule has 1 aromatic heterocycles. The lowest BCUT2D eigenvalue weighted by Gasteiger charge is -2.44. The third-order valence-electron chi connectivity index (χ3n) is 7.11. The minimum absolute atomic E-state index is 0.0434. The topological polar surface area (TPSA) is 115 Å². The van der Waals surface area contributed by atoms with Crippen LogP contribution in [0.5, 0.6) is 11.5 Å². The number of nitrogens with one attached hydrogen (secondary N) is 2. The van der Waals surface area contributed by atoms with E-state index in [4.69, 9.17) is 9.47 Å². The number of imidazole rings is 1. The van der Waals surface area contributed by atoms with E-state index in [9.17, 15) is 14.4 Å². The van der Waals surface area contributed by atoms with E-state index < -0.39 is 11.4 Å². The molecule has 2 heterocycles. The summed E-state index contributed by atoms with van der Waals surface area (Å²) in [5.74, 6) is 0.420. The molecular formula is C28H31N5O5. The second-order valence-corrected chi connectivity index (χ2v) is 9.81. The Morgan fingerprint density at radius 2 is 1.50 bits per heavy atom. The molecule has 38 heavy (non-hydrogen) atoms. The first-order chi connectivity index (χ1) is 18.3. The Morgan fingerprint density at radius 3 is 2.03 bits per heavy atom. The minimum Gasteiger partial charge on any atom is -0.497 e. The quantitative estimate of drug-likeness (QED) is 0.451. The maximum atomic E-state index is 13.8. The van der Waals surface area contributed by atoms with Crippen molar-refractivity contribution in [2.45, 2.75) is 51.0 Å². The van der Waals surface area contributed by atoms with Crippen molar-refractivity contribution < 1.29 is 23.9 Å². The zero-order chi connectivity index (χ0) is 26.9. The summed E-state index contributed by atoms with van der Waals surface area (Å²) in [6.07, 6.45) is 3.11. The fourth-order valence-electron chi connectivity index (χ4n) is 4.85. The maximum Gasteiger partial charge on any atom is 0.274 e. The highest BCUT2D eigenvalue weighted by Gasteiger charge is 2.53. The van der Waals surface area contributed by atoms with Gasteiger partial charge in [0.15, 0.2) is 5.69 Å². The van der Waals surface area contributed by atoms with Gasteiger partial charge < -0.3 is 29.6 Å². The Morgan fingerprint density at radius 1 is 0.947 bits per heavy atom. The Hall–Kier alpha value is -4.34. The van der Waals surface area contributed by atoms with Gasteiger partial charge in [0.1, 0.15) is 22.7 Å². The Bertz CT molecular complexity index is 1350. The van der Waals surface area contributed by atoms with Crippen LogP contribution in [0, 0.1) is 0 Å². The maximum absolute atomic E-state index is 13.8. The molecule has 0 radical (unpaired) electrons. The van der Waals surface area contributed by atoms with E-state index in [0.29, 0.717) is 6.54 Å². The number of rotatable bonds is 9. The first-order valence-electron chi connectivity index (χ1n) is 12.5. The van der Waals surface area contributed by atoms with E-state index in [0.717, 1.165) is 35.5 Å². The second-order valence-electron chi connectivity index (χ2n) is 9.81. The van der Waals surface area contributed by atoms with E-state index in [1.807, 2.05) is 48.5 Å². The third-order valence-corrected chi connectivity index (χ3v) is 7.11. The monoisotopic (exact) mass is 517 g/mol. The smallest absolute Gasteiger partial charge is 0.274 e. The Labute approximate surface area is 220 Å².